The Morgan fingerprint density at radius 2 is 1.90 bits per heavy atom. The van der Waals surface area contributed by atoms with Gasteiger partial charge in [-0.2, -0.15) is 5.10 Å². The smallest absolute Gasteiger partial charge is 0.121 e. The Balaban J connectivity index is 2.27. The molecule has 0 saturated heterocycles. The largest absolute Gasteiger partial charge is 0.384 e. The van der Waals surface area contributed by atoms with E-state index in [0.29, 0.717) is 11.7 Å². The van der Waals surface area contributed by atoms with Crippen molar-refractivity contribution in [3.63, 3.8) is 0 Å². The van der Waals surface area contributed by atoms with E-state index in [0.717, 1.165) is 11.3 Å². The fourth-order valence-electron chi connectivity index (χ4n) is 2.59. The number of rotatable bonds is 2. The van der Waals surface area contributed by atoms with Crippen LogP contribution < -0.4 is 5.73 Å². The Labute approximate surface area is 118 Å². The summed E-state index contributed by atoms with van der Waals surface area (Å²) in [5.41, 5.74) is 10.5. The summed E-state index contributed by atoms with van der Waals surface area (Å²) in [6.45, 7) is 4.42. The fourth-order valence-corrected chi connectivity index (χ4v) is 2.59. The molecule has 104 valence electrons. The van der Waals surface area contributed by atoms with E-state index in [1.807, 2.05) is 13.1 Å². The van der Waals surface area contributed by atoms with Gasteiger partial charge in [-0.05, 0) is 23.6 Å². The highest BCUT2D eigenvalue weighted by Crippen LogP contribution is 2.32. The molecule has 0 bridgehead atoms. The van der Waals surface area contributed by atoms with E-state index in [1.54, 1.807) is 4.68 Å². The molecule has 0 unspecified atom stereocenters. The molecule has 0 spiro atoms. The van der Waals surface area contributed by atoms with Gasteiger partial charge in [0.25, 0.3) is 0 Å². The third-order valence-electron chi connectivity index (χ3n) is 3.87. The summed E-state index contributed by atoms with van der Waals surface area (Å²) >= 11 is 0. The Kier molecular flexibility index (Phi) is 2.82. The summed E-state index contributed by atoms with van der Waals surface area (Å²) in [6, 6.07) is 8.57. The molecule has 0 radical (unpaired) electrons. The maximum atomic E-state index is 5.90. The van der Waals surface area contributed by atoms with Gasteiger partial charge < -0.3 is 10.3 Å². The second-order valence-electron chi connectivity index (χ2n) is 5.66. The lowest BCUT2D eigenvalue weighted by Gasteiger charge is -2.06. The molecule has 0 atom stereocenters. The molecule has 1 aromatic carbocycles. The summed E-state index contributed by atoms with van der Waals surface area (Å²) in [7, 11) is 3.93. The number of fused-ring (bicyclic) bond motifs is 1. The lowest BCUT2D eigenvalue weighted by atomic mass is 10.00. The molecule has 0 amide bonds. The second-order valence-corrected chi connectivity index (χ2v) is 5.66. The minimum absolute atomic E-state index is 0.515. The molecule has 4 nitrogen and oxygen atoms in total. The third-order valence-corrected chi connectivity index (χ3v) is 3.87. The van der Waals surface area contributed by atoms with Crippen LogP contribution in [0.1, 0.15) is 25.3 Å². The van der Waals surface area contributed by atoms with Crippen LogP contribution in [0.3, 0.4) is 0 Å². The standard InChI is InChI=1S/C16H20N4/c1-10(2)11-5-6-15-12(7-11)13(9-19(15)3)14-8-16(17)20(4)18-14/h5-10H,17H2,1-4H3. The van der Waals surface area contributed by atoms with Crippen LogP contribution in [0.25, 0.3) is 22.2 Å². The quantitative estimate of drug-likeness (QED) is 0.775. The van der Waals surface area contributed by atoms with Crippen LogP contribution in [0.4, 0.5) is 5.82 Å². The first kappa shape index (κ1) is 12.8. The molecule has 20 heavy (non-hydrogen) atoms. The number of hydrogen-bond acceptors (Lipinski definition) is 2. The minimum Gasteiger partial charge on any atom is -0.384 e. The number of anilines is 1. The molecular formula is C16H20N4. The lowest BCUT2D eigenvalue weighted by molar-refractivity contribution is 0.782. The molecule has 3 aromatic rings. The van der Waals surface area contributed by atoms with Crippen molar-refractivity contribution < 1.29 is 0 Å². The SMILES string of the molecule is CC(C)c1ccc2c(c1)c(-c1cc(N)n(C)n1)cn2C. The van der Waals surface area contributed by atoms with Crippen molar-refractivity contribution in [3.8, 4) is 11.3 Å². The van der Waals surface area contributed by atoms with Crippen LogP contribution in [0.15, 0.2) is 30.5 Å². The van der Waals surface area contributed by atoms with E-state index in [1.165, 1.54) is 16.5 Å². The van der Waals surface area contributed by atoms with Crippen molar-refractivity contribution in [2.24, 2.45) is 14.1 Å². The molecule has 0 saturated carbocycles. The lowest BCUT2D eigenvalue weighted by Crippen LogP contribution is -1.96. The van der Waals surface area contributed by atoms with Gasteiger partial charge in [0.1, 0.15) is 5.82 Å². The van der Waals surface area contributed by atoms with E-state index in [2.05, 4.69) is 55.0 Å². The van der Waals surface area contributed by atoms with Crippen molar-refractivity contribution in [3.05, 3.63) is 36.0 Å². The Hall–Kier alpha value is -2.23. The number of nitrogen functional groups attached to an aromatic ring is 1. The summed E-state index contributed by atoms with van der Waals surface area (Å²) in [6.07, 6.45) is 2.12. The summed E-state index contributed by atoms with van der Waals surface area (Å²) in [4.78, 5) is 0. The summed E-state index contributed by atoms with van der Waals surface area (Å²) < 4.78 is 3.85. The number of nitrogens with two attached hydrogens (primary N) is 1. The molecular weight excluding hydrogens is 248 g/mol. The second kappa shape index (κ2) is 4.40. The van der Waals surface area contributed by atoms with Crippen LogP contribution in [0, 0.1) is 0 Å². The van der Waals surface area contributed by atoms with Crippen LogP contribution in [-0.4, -0.2) is 14.3 Å². The summed E-state index contributed by atoms with van der Waals surface area (Å²) in [5.74, 6) is 1.19. The predicted octanol–water partition coefficient (Wildman–Crippen LogP) is 3.28. The highest BCUT2D eigenvalue weighted by Gasteiger charge is 2.13. The van der Waals surface area contributed by atoms with Gasteiger partial charge in [-0.1, -0.05) is 19.9 Å². The minimum atomic E-state index is 0.515. The van der Waals surface area contributed by atoms with E-state index in [-0.39, 0.29) is 0 Å². The average molecular weight is 268 g/mol. The van der Waals surface area contributed by atoms with Crippen molar-refractivity contribution in [2.75, 3.05) is 5.73 Å². The van der Waals surface area contributed by atoms with E-state index >= 15 is 0 Å². The highest BCUT2D eigenvalue weighted by molar-refractivity contribution is 5.96. The first-order valence-electron chi connectivity index (χ1n) is 6.86. The zero-order valence-corrected chi connectivity index (χ0v) is 12.4. The normalized spacial score (nSPS) is 11.7. The predicted molar refractivity (Wildman–Crippen MR) is 83.6 cm³/mol. The van der Waals surface area contributed by atoms with Gasteiger partial charge >= 0.3 is 0 Å². The zero-order chi connectivity index (χ0) is 14.4. The topological polar surface area (TPSA) is 48.8 Å². The monoisotopic (exact) mass is 268 g/mol. The molecule has 4 heteroatoms. The van der Waals surface area contributed by atoms with Crippen molar-refractivity contribution in [1.82, 2.24) is 14.3 Å². The Bertz CT molecular complexity index is 758. The van der Waals surface area contributed by atoms with Gasteiger partial charge in [0, 0.05) is 42.8 Å². The van der Waals surface area contributed by atoms with Gasteiger partial charge in [-0.15, -0.1) is 0 Å². The molecule has 2 aromatic heterocycles. The fraction of sp³-hybridized carbons (Fsp3) is 0.312. The maximum Gasteiger partial charge on any atom is 0.121 e. The first-order chi connectivity index (χ1) is 9.47. The molecule has 2 heterocycles. The third kappa shape index (κ3) is 1.88. The maximum absolute atomic E-state index is 5.90. The molecule has 0 aliphatic heterocycles. The molecule has 0 aliphatic carbocycles. The molecule has 2 N–H and O–H groups in total. The van der Waals surface area contributed by atoms with Gasteiger partial charge in [-0.3, -0.25) is 4.68 Å². The van der Waals surface area contributed by atoms with Gasteiger partial charge in [-0.25, -0.2) is 0 Å². The van der Waals surface area contributed by atoms with E-state index in [9.17, 15) is 0 Å². The van der Waals surface area contributed by atoms with Crippen LogP contribution >= 0.6 is 0 Å². The number of hydrogen-bond donors (Lipinski definition) is 1. The Morgan fingerprint density at radius 1 is 1.15 bits per heavy atom. The number of nitrogens with zero attached hydrogens (tertiary/aromatic N) is 3. The highest BCUT2D eigenvalue weighted by atomic mass is 15.3. The van der Waals surface area contributed by atoms with Gasteiger partial charge in [0.05, 0.1) is 5.69 Å². The average Bonchev–Trinajstić information content (AvgIpc) is 2.91. The number of aromatic nitrogens is 3. The van der Waals surface area contributed by atoms with Gasteiger partial charge in [0.2, 0.25) is 0 Å². The van der Waals surface area contributed by atoms with Crippen LogP contribution in [-0.2, 0) is 14.1 Å². The molecule has 0 fully saturated rings. The summed E-state index contributed by atoms with van der Waals surface area (Å²) in [5, 5.41) is 5.73. The number of benzene rings is 1. The van der Waals surface area contributed by atoms with Crippen LogP contribution in [0.2, 0.25) is 0 Å². The van der Waals surface area contributed by atoms with Crippen molar-refractivity contribution in [1.29, 1.82) is 0 Å². The van der Waals surface area contributed by atoms with Crippen molar-refractivity contribution >= 4 is 16.7 Å². The molecule has 3 rings (SSSR count). The van der Waals surface area contributed by atoms with Crippen LogP contribution in [0.5, 0.6) is 0 Å². The Morgan fingerprint density at radius 3 is 2.50 bits per heavy atom. The number of aryl methyl sites for hydroxylation is 2. The first-order valence-corrected chi connectivity index (χ1v) is 6.86. The van der Waals surface area contributed by atoms with Gasteiger partial charge in [0.15, 0.2) is 0 Å². The van der Waals surface area contributed by atoms with Crippen molar-refractivity contribution in [2.45, 2.75) is 19.8 Å². The van der Waals surface area contributed by atoms with E-state index < -0.39 is 0 Å². The van der Waals surface area contributed by atoms with E-state index in [4.69, 9.17) is 5.73 Å². The molecule has 0 aliphatic rings. The zero-order valence-electron chi connectivity index (χ0n) is 12.4.